The Morgan fingerprint density at radius 1 is 1.24 bits per heavy atom. The molecule has 0 fully saturated rings. The lowest BCUT2D eigenvalue weighted by Gasteiger charge is -2.27. The number of likely N-dealkylation sites (N-methyl/N-ethyl adjacent to an activating group) is 1. The molecule has 0 saturated heterocycles. The first-order valence-electron chi connectivity index (χ1n) is 7.00. The molecule has 0 aromatic heterocycles. The second kappa shape index (κ2) is 7.75. The van der Waals surface area contributed by atoms with E-state index in [1.807, 2.05) is 13.8 Å². The monoisotopic (exact) mass is 307 g/mol. The van der Waals surface area contributed by atoms with Gasteiger partial charge in [0.2, 0.25) is 0 Å². The van der Waals surface area contributed by atoms with Crippen LogP contribution in [0.25, 0.3) is 0 Å². The standard InChI is InChI=1S/C15H21F4NO/c1-4-6-13(21-5-2)14(20-3)10-7-8-12(16)11(9-10)15(17,18)19/h7-9,13-14,20H,4-6H2,1-3H3. The highest BCUT2D eigenvalue weighted by Crippen LogP contribution is 2.34. The van der Waals surface area contributed by atoms with Gasteiger partial charge < -0.3 is 10.1 Å². The lowest BCUT2D eigenvalue weighted by molar-refractivity contribution is -0.140. The fourth-order valence-corrected chi connectivity index (χ4v) is 2.37. The smallest absolute Gasteiger partial charge is 0.377 e. The summed E-state index contributed by atoms with van der Waals surface area (Å²) in [5.41, 5.74) is -0.870. The maximum atomic E-state index is 13.4. The van der Waals surface area contributed by atoms with Crippen LogP contribution in [-0.4, -0.2) is 19.8 Å². The van der Waals surface area contributed by atoms with Gasteiger partial charge in [0, 0.05) is 6.61 Å². The van der Waals surface area contributed by atoms with Crippen molar-refractivity contribution in [2.45, 2.75) is 45.0 Å². The molecule has 1 rings (SSSR count). The molecule has 0 saturated carbocycles. The van der Waals surface area contributed by atoms with Gasteiger partial charge in [-0.2, -0.15) is 13.2 Å². The second-order valence-electron chi connectivity index (χ2n) is 4.79. The first-order valence-corrected chi connectivity index (χ1v) is 7.00. The van der Waals surface area contributed by atoms with Crippen LogP contribution in [0.1, 0.15) is 43.9 Å². The molecule has 2 atom stereocenters. The van der Waals surface area contributed by atoms with E-state index in [1.54, 1.807) is 7.05 Å². The number of halogens is 4. The van der Waals surface area contributed by atoms with Gasteiger partial charge in [-0.25, -0.2) is 4.39 Å². The summed E-state index contributed by atoms with van der Waals surface area (Å²) in [6.45, 7) is 4.28. The van der Waals surface area contributed by atoms with E-state index in [1.165, 1.54) is 6.07 Å². The molecule has 1 N–H and O–H groups in total. The number of hydrogen-bond acceptors (Lipinski definition) is 2. The summed E-state index contributed by atoms with van der Waals surface area (Å²) in [6.07, 6.45) is -3.41. The molecule has 0 heterocycles. The maximum Gasteiger partial charge on any atom is 0.419 e. The molecule has 1 aromatic rings. The third-order valence-corrected chi connectivity index (χ3v) is 3.29. The van der Waals surface area contributed by atoms with E-state index in [9.17, 15) is 17.6 Å². The van der Waals surface area contributed by atoms with Gasteiger partial charge >= 0.3 is 6.18 Å². The lowest BCUT2D eigenvalue weighted by atomic mass is 9.96. The van der Waals surface area contributed by atoms with E-state index in [4.69, 9.17) is 4.74 Å². The molecule has 6 heteroatoms. The molecule has 2 nitrogen and oxygen atoms in total. The van der Waals surface area contributed by atoms with Gasteiger partial charge in [-0.05, 0) is 38.1 Å². The normalized spacial score (nSPS) is 15.0. The Morgan fingerprint density at radius 2 is 1.90 bits per heavy atom. The zero-order valence-corrected chi connectivity index (χ0v) is 12.4. The van der Waals surface area contributed by atoms with Gasteiger partial charge in [0.05, 0.1) is 17.7 Å². The highest BCUT2D eigenvalue weighted by Gasteiger charge is 2.35. The van der Waals surface area contributed by atoms with Crippen LogP contribution in [0.3, 0.4) is 0 Å². The minimum Gasteiger partial charge on any atom is -0.377 e. The minimum atomic E-state index is -4.70. The molecule has 0 aliphatic heterocycles. The molecule has 0 aliphatic carbocycles. The molecular formula is C15H21F4NO. The van der Waals surface area contributed by atoms with Crippen molar-refractivity contribution in [1.82, 2.24) is 5.32 Å². The summed E-state index contributed by atoms with van der Waals surface area (Å²) in [4.78, 5) is 0. The van der Waals surface area contributed by atoms with E-state index in [2.05, 4.69) is 5.32 Å². The quantitative estimate of drug-likeness (QED) is 0.758. The fraction of sp³-hybridized carbons (Fsp3) is 0.600. The Hall–Kier alpha value is -1.14. The van der Waals surface area contributed by atoms with Crippen molar-refractivity contribution in [2.24, 2.45) is 0 Å². The largest absolute Gasteiger partial charge is 0.419 e. The van der Waals surface area contributed by atoms with Gasteiger partial charge in [-0.3, -0.25) is 0 Å². The Morgan fingerprint density at radius 3 is 2.38 bits per heavy atom. The van der Waals surface area contributed by atoms with Crippen molar-refractivity contribution < 1.29 is 22.3 Å². The van der Waals surface area contributed by atoms with E-state index in [0.717, 1.165) is 18.6 Å². The maximum absolute atomic E-state index is 13.4. The van der Waals surface area contributed by atoms with Crippen LogP contribution in [0.2, 0.25) is 0 Å². The van der Waals surface area contributed by atoms with Crippen LogP contribution in [0.15, 0.2) is 18.2 Å². The lowest BCUT2D eigenvalue weighted by Crippen LogP contribution is -2.32. The Balaban J connectivity index is 3.15. The van der Waals surface area contributed by atoms with Crippen molar-refractivity contribution in [3.63, 3.8) is 0 Å². The van der Waals surface area contributed by atoms with Gasteiger partial charge in [-0.15, -0.1) is 0 Å². The predicted molar refractivity (Wildman–Crippen MR) is 73.5 cm³/mol. The van der Waals surface area contributed by atoms with E-state index in [-0.39, 0.29) is 6.10 Å². The molecule has 0 amide bonds. The van der Waals surface area contributed by atoms with Crippen molar-refractivity contribution in [3.05, 3.63) is 35.1 Å². The van der Waals surface area contributed by atoms with Crippen molar-refractivity contribution in [1.29, 1.82) is 0 Å². The van der Waals surface area contributed by atoms with Gasteiger partial charge in [0.1, 0.15) is 5.82 Å². The first-order chi connectivity index (χ1) is 9.85. The Bertz CT molecular complexity index is 442. The summed E-state index contributed by atoms with van der Waals surface area (Å²) >= 11 is 0. The molecular weight excluding hydrogens is 286 g/mol. The number of alkyl halides is 3. The zero-order chi connectivity index (χ0) is 16.0. The average molecular weight is 307 g/mol. The molecule has 2 unspecified atom stereocenters. The van der Waals surface area contributed by atoms with Crippen LogP contribution in [-0.2, 0) is 10.9 Å². The Kier molecular flexibility index (Phi) is 6.61. The zero-order valence-electron chi connectivity index (χ0n) is 12.4. The van der Waals surface area contributed by atoms with Gasteiger partial charge in [0.15, 0.2) is 0 Å². The fourth-order valence-electron chi connectivity index (χ4n) is 2.37. The SMILES string of the molecule is CCCC(OCC)C(NC)c1ccc(F)c(C(F)(F)F)c1. The third-order valence-electron chi connectivity index (χ3n) is 3.29. The van der Waals surface area contributed by atoms with E-state index in [0.29, 0.717) is 18.6 Å². The van der Waals surface area contributed by atoms with Gasteiger partial charge in [-0.1, -0.05) is 19.4 Å². The summed E-state index contributed by atoms with van der Waals surface area (Å²) in [7, 11) is 1.66. The molecule has 120 valence electrons. The summed E-state index contributed by atoms with van der Waals surface area (Å²) in [5, 5.41) is 2.97. The molecule has 0 radical (unpaired) electrons. The van der Waals surface area contributed by atoms with Gasteiger partial charge in [0.25, 0.3) is 0 Å². The molecule has 0 aliphatic rings. The number of ether oxygens (including phenoxy) is 1. The minimum absolute atomic E-state index is 0.253. The number of benzene rings is 1. The van der Waals surface area contributed by atoms with E-state index < -0.39 is 23.6 Å². The molecule has 1 aromatic carbocycles. The van der Waals surface area contributed by atoms with Crippen molar-refractivity contribution >= 4 is 0 Å². The van der Waals surface area contributed by atoms with Crippen LogP contribution in [0, 0.1) is 5.82 Å². The average Bonchev–Trinajstić information content (AvgIpc) is 2.40. The van der Waals surface area contributed by atoms with E-state index >= 15 is 0 Å². The predicted octanol–water partition coefficient (Wildman–Crippen LogP) is 4.31. The van der Waals surface area contributed by atoms with Crippen molar-refractivity contribution in [2.75, 3.05) is 13.7 Å². The van der Waals surface area contributed by atoms with Crippen LogP contribution < -0.4 is 5.32 Å². The number of nitrogens with one attached hydrogen (secondary N) is 1. The van der Waals surface area contributed by atoms with Crippen LogP contribution >= 0.6 is 0 Å². The highest BCUT2D eigenvalue weighted by atomic mass is 19.4. The van der Waals surface area contributed by atoms with Crippen LogP contribution in [0.4, 0.5) is 17.6 Å². The third kappa shape index (κ3) is 4.68. The van der Waals surface area contributed by atoms with Crippen LogP contribution in [0.5, 0.6) is 0 Å². The Labute approximate surface area is 122 Å². The molecule has 0 spiro atoms. The topological polar surface area (TPSA) is 21.3 Å². The molecule has 0 bridgehead atoms. The summed E-state index contributed by atoms with van der Waals surface area (Å²) in [5.74, 6) is -1.26. The highest BCUT2D eigenvalue weighted by molar-refractivity contribution is 5.30. The number of rotatable bonds is 7. The summed E-state index contributed by atoms with van der Waals surface area (Å²) in [6, 6.07) is 2.68. The number of hydrogen-bond donors (Lipinski definition) is 1. The van der Waals surface area contributed by atoms with Crippen molar-refractivity contribution in [3.8, 4) is 0 Å². The second-order valence-corrected chi connectivity index (χ2v) is 4.79. The molecule has 21 heavy (non-hydrogen) atoms. The first kappa shape index (κ1) is 17.9. The summed E-state index contributed by atoms with van der Waals surface area (Å²) < 4.78 is 57.4.